The molecule has 4 aliphatic rings. The monoisotopic (exact) mass is 381 g/mol. The van der Waals surface area contributed by atoms with Crippen molar-refractivity contribution in [2.24, 2.45) is 5.92 Å². The van der Waals surface area contributed by atoms with Crippen molar-refractivity contribution in [1.29, 1.82) is 0 Å². The van der Waals surface area contributed by atoms with E-state index < -0.39 is 6.10 Å². The van der Waals surface area contributed by atoms with Crippen LogP contribution in [-0.2, 0) is 18.9 Å². The van der Waals surface area contributed by atoms with E-state index in [2.05, 4.69) is 26.8 Å². The number of epoxide rings is 2. The van der Waals surface area contributed by atoms with E-state index in [1.807, 2.05) is 0 Å². The summed E-state index contributed by atoms with van der Waals surface area (Å²) in [6.07, 6.45) is 3.36. The lowest BCUT2D eigenvalue weighted by Crippen LogP contribution is -2.58. The standard InChI is InChI=1S/C20H31NO6/c1-12(2)5-6-15-19(3,27-15)17-16(24-4)14(7-8-20(17)11-25-20)26-18(23)21-9-13(22)10-21/h5,13-17,22H,6-11H2,1-4H3/t14-,15-,16-,17-,19+,20?/m1/s1. The van der Waals surface area contributed by atoms with Crippen LogP contribution in [0.2, 0.25) is 0 Å². The van der Waals surface area contributed by atoms with E-state index in [9.17, 15) is 9.90 Å². The largest absolute Gasteiger partial charge is 0.443 e. The molecule has 152 valence electrons. The Morgan fingerprint density at radius 2 is 2.07 bits per heavy atom. The Hall–Kier alpha value is -1.15. The summed E-state index contributed by atoms with van der Waals surface area (Å²) >= 11 is 0. The zero-order valence-corrected chi connectivity index (χ0v) is 16.6. The Kier molecular flexibility index (Phi) is 4.78. The number of hydrogen-bond donors (Lipinski definition) is 1. The highest BCUT2D eigenvalue weighted by Gasteiger charge is 2.72. The van der Waals surface area contributed by atoms with E-state index in [1.54, 1.807) is 7.11 Å². The van der Waals surface area contributed by atoms with Crippen LogP contribution in [0.3, 0.4) is 0 Å². The molecule has 1 unspecified atom stereocenters. The summed E-state index contributed by atoms with van der Waals surface area (Å²) in [5.74, 6) is 0.0269. The average Bonchev–Trinajstić information content (AvgIpc) is 3.49. The zero-order chi connectivity index (χ0) is 19.4. The SMILES string of the molecule is CO[C@@H]1[C@H](OC(=O)N2CC(O)C2)CCC2(CO2)[C@H]1[C@@]1(C)O[C@@H]1CC=C(C)C. The lowest BCUT2D eigenvalue weighted by Gasteiger charge is -2.44. The van der Waals surface area contributed by atoms with Gasteiger partial charge >= 0.3 is 6.09 Å². The van der Waals surface area contributed by atoms with E-state index in [1.165, 1.54) is 10.5 Å². The number of allylic oxidation sites excluding steroid dienone is 1. The molecule has 4 rings (SSSR count). The highest BCUT2D eigenvalue weighted by Crippen LogP contribution is 2.59. The van der Waals surface area contributed by atoms with Crippen LogP contribution >= 0.6 is 0 Å². The molecule has 3 heterocycles. The number of amides is 1. The summed E-state index contributed by atoms with van der Waals surface area (Å²) in [6, 6.07) is 0. The molecule has 27 heavy (non-hydrogen) atoms. The van der Waals surface area contributed by atoms with Gasteiger partial charge in [-0.1, -0.05) is 11.6 Å². The van der Waals surface area contributed by atoms with Crippen LogP contribution in [0.5, 0.6) is 0 Å². The van der Waals surface area contributed by atoms with Gasteiger partial charge in [0.1, 0.15) is 23.4 Å². The molecule has 1 N–H and O–H groups in total. The molecular formula is C20H31NO6. The smallest absolute Gasteiger partial charge is 0.410 e. The third-order valence-corrected chi connectivity index (χ3v) is 6.61. The Labute approximate surface area is 160 Å². The van der Waals surface area contributed by atoms with Crippen molar-refractivity contribution >= 4 is 6.09 Å². The number of β-amino-alcohol motifs (C(OH)–C–C–N with tert-alkyl or cyclic N) is 1. The molecule has 7 nitrogen and oxygen atoms in total. The van der Waals surface area contributed by atoms with Crippen LogP contribution in [0.4, 0.5) is 4.79 Å². The van der Waals surface area contributed by atoms with Crippen LogP contribution in [0.15, 0.2) is 11.6 Å². The number of methoxy groups -OCH3 is 1. The summed E-state index contributed by atoms with van der Waals surface area (Å²) < 4.78 is 23.7. The van der Waals surface area contributed by atoms with Crippen LogP contribution < -0.4 is 0 Å². The first-order chi connectivity index (χ1) is 12.8. The van der Waals surface area contributed by atoms with Gasteiger partial charge in [0, 0.05) is 7.11 Å². The Morgan fingerprint density at radius 1 is 1.37 bits per heavy atom. The molecule has 1 saturated carbocycles. The summed E-state index contributed by atoms with van der Waals surface area (Å²) in [5.41, 5.74) is 0.729. The van der Waals surface area contributed by atoms with Crippen molar-refractivity contribution in [3.05, 3.63) is 11.6 Å². The van der Waals surface area contributed by atoms with Gasteiger partial charge in [-0.15, -0.1) is 0 Å². The molecule has 6 atom stereocenters. The Morgan fingerprint density at radius 3 is 2.63 bits per heavy atom. The number of nitrogens with zero attached hydrogens (tertiary/aromatic N) is 1. The van der Waals surface area contributed by atoms with E-state index >= 15 is 0 Å². The van der Waals surface area contributed by atoms with Crippen LogP contribution in [0.1, 0.15) is 40.0 Å². The van der Waals surface area contributed by atoms with Crippen LogP contribution in [0, 0.1) is 5.92 Å². The fraction of sp³-hybridized carbons (Fsp3) is 0.850. The van der Waals surface area contributed by atoms with Crippen molar-refractivity contribution in [3.8, 4) is 0 Å². The number of likely N-dealkylation sites (tertiary alicyclic amines) is 1. The number of hydrogen-bond acceptors (Lipinski definition) is 6. The van der Waals surface area contributed by atoms with E-state index in [0.717, 1.165) is 12.8 Å². The summed E-state index contributed by atoms with van der Waals surface area (Å²) in [4.78, 5) is 13.9. The lowest BCUT2D eigenvalue weighted by atomic mass is 9.68. The Bertz CT molecular complexity index is 622. The molecule has 0 aromatic heterocycles. The Balaban J connectivity index is 1.47. The first-order valence-corrected chi connectivity index (χ1v) is 9.90. The number of carbonyl (C=O) groups is 1. The van der Waals surface area contributed by atoms with Gasteiger partial charge < -0.3 is 29.0 Å². The number of rotatable bonds is 5. The van der Waals surface area contributed by atoms with Crippen LogP contribution in [0.25, 0.3) is 0 Å². The van der Waals surface area contributed by atoms with Crippen molar-refractivity contribution < 1.29 is 28.8 Å². The molecule has 0 radical (unpaired) electrons. The van der Waals surface area contributed by atoms with Crippen LogP contribution in [-0.4, -0.2) is 78.5 Å². The summed E-state index contributed by atoms with van der Waals surface area (Å²) in [5, 5.41) is 9.41. The second-order valence-corrected chi connectivity index (χ2v) is 8.86. The van der Waals surface area contributed by atoms with Gasteiger partial charge in [0.2, 0.25) is 0 Å². The summed E-state index contributed by atoms with van der Waals surface area (Å²) in [6.45, 7) is 7.70. The average molecular weight is 381 g/mol. The lowest BCUT2D eigenvalue weighted by molar-refractivity contribution is -0.126. The molecule has 1 spiro atoms. The zero-order valence-electron chi connectivity index (χ0n) is 16.6. The third kappa shape index (κ3) is 3.39. The molecule has 3 saturated heterocycles. The van der Waals surface area contributed by atoms with Crippen molar-refractivity contribution in [2.45, 2.75) is 75.7 Å². The summed E-state index contributed by atoms with van der Waals surface area (Å²) in [7, 11) is 1.67. The minimum Gasteiger partial charge on any atom is -0.443 e. The maximum atomic E-state index is 12.4. The fourth-order valence-corrected chi connectivity index (χ4v) is 4.88. The maximum absolute atomic E-state index is 12.4. The molecule has 0 bridgehead atoms. The molecule has 1 aliphatic carbocycles. The number of aliphatic hydroxyl groups is 1. The molecule has 1 amide bonds. The third-order valence-electron chi connectivity index (χ3n) is 6.61. The second-order valence-electron chi connectivity index (χ2n) is 8.86. The van der Waals surface area contributed by atoms with Gasteiger partial charge in [0.05, 0.1) is 37.8 Å². The topological polar surface area (TPSA) is 84.1 Å². The molecule has 3 aliphatic heterocycles. The predicted molar refractivity (Wildman–Crippen MR) is 97.4 cm³/mol. The minimum atomic E-state index is -0.437. The first-order valence-electron chi connectivity index (χ1n) is 9.90. The normalized spacial score (nSPS) is 43.2. The molecular weight excluding hydrogens is 350 g/mol. The number of aliphatic hydroxyl groups excluding tert-OH is 1. The van der Waals surface area contributed by atoms with Gasteiger partial charge in [-0.05, 0) is 40.0 Å². The second kappa shape index (κ2) is 6.72. The predicted octanol–water partition coefficient (Wildman–Crippen LogP) is 1.88. The highest BCUT2D eigenvalue weighted by atomic mass is 16.6. The maximum Gasteiger partial charge on any atom is 0.410 e. The molecule has 7 heteroatoms. The van der Waals surface area contributed by atoms with E-state index in [0.29, 0.717) is 26.1 Å². The minimum absolute atomic E-state index is 0.0269. The van der Waals surface area contributed by atoms with Crippen molar-refractivity contribution in [3.63, 3.8) is 0 Å². The molecule has 4 fully saturated rings. The van der Waals surface area contributed by atoms with Gasteiger partial charge in [-0.25, -0.2) is 4.79 Å². The van der Waals surface area contributed by atoms with Gasteiger partial charge in [-0.2, -0.15) is 0 Å². The van der Waals surface area contributed by atoms with Crippen molar-refractivity contribution in [2.75, 3.05) is 26.8 Å². The van der Waals surface area contributed by atoms with E-state index in [4.69, 9.17) is 18.9 Å². The first kappa shape index (κ1) is 19.2. The number of ether oxygens (including phenoxy) is 4. The van der Waals surface area contributed by atoms with Gasteiger partial charge in [0.25, 0.3) is 0 Å². The van der Waals surface area contributed by atoms with Gasteiger partial charge in [0.15, 0.2) is 0 Å². The molecule has 0 aromatic rings. The van der Waals surface area contributed by atoms with Gasteiger partial charge in [-0.3, -0.25) is 0 Å². The highest BCUT2D eigenvalue weighted by molar-refractivity contribution is 5.69. The number of carbonyl (C=O) groups excluding carboxylic acids is 1. The molecule has 0 aromatic carbocycles. The fourth-order valence-electron chi connectivity index (χ4n) is 4.88. The van der Waals surface area contributed by atoms with E-state index in [-0.39, 0.29) is 41.5 Å². The van der Waals surface area contributed by atoms with Crippen molar-refractivity contribution in [1.82, 2.24) is 4.90 Å². The quantitative estimate of drug-likeness (QED) is 0.578.